The fourth-order valence-corrected chi connectivity index (χ4v) is 6.57. The van der Waals surface area contributed by atoms with Crippen LogP contribution in [0.25, 0.3) is 0 Å². The van der Waals surface area contributed by atoms with E-state index in [9.17, 15) is 30.0 Å². The number of hydrogen-bond acceptors (Lipinski definition) is 10. The van der Waals surface area contributed by atoms with Gasteiger partial charge in [0.05, 0.1) is 13.2 Å². The Bertz CT molecular complexity index is 996. The van der Waals surface area contributed by atoms with E-state index in [0.29, 0.717) is 6.42 Å². The van der Waals surface area contributed by atoms with Crippen LogP contribution >= 0.6 is 0 Å². The predicted molar refractivity (Wildman–Crippen MR) is 219 cm³/mol. The lowest BCUT2D eigenvalue weighted by atomic mass is 9.99. The summed E-state index contributed by atoms with van der Waals surface area (Å²) < 4.78 is 22.0. The molecular formula is C45H80O10. The van der Waals surface area contributed by atoms with Crippen LogP contribution in [-0.4, -0.2) is 89.0 Å². The lowest BCUT2D eigenvalue weighted by Crippen LogP contribution is -2.59. The summed E-state index contributed by atoms with van der Waals surface area (Å²) in [5, 5.41) is 40.0. The van der Waals surface area contributed by atoms with E-state index in [1.54, 1.807) is 6.08 Å². The second-order valence-corrected chi connectivity index (χ2v) is 15.2. The number of carbonyl (C=O) groups excluding carboxylic acids is 2. The van der Waals surface area contributed by atoms with Crippen LogP contribution in [0.2, 0.25) is 0 Å². The Labute approximate surface area is 334 Å². The molecule has 4 N–H and O–H groups in total. The minimum absolute atomic E-state index is 0.206. The molecule has 0 saturated carbocycles. The van der Waals surface area contributed by atoms with Crippen LogP contribution in [-0.2, 0) is 28.5 Å². The van der Waals surface area contributed by atoms with Gasteiger partial charge in [-0.25, -0.2) is 4.79 Å². The molecule has 0 bridgehead atoms. The quantitative estimate of drug-likeness (QED) is 0.0159. The Hall–Kier alpha value is -2.08. The van der Waals surface area contributed by atoms with Crippen LogP contribution in [0.15, 0.2) is 36.5 Å². The normalized spacial score (nSPS) is 20.9. The van der Waals surface area contributed by atoms with Gasteiger partial charge in [0.25, 0.3) is 0 Å². The van der Waals surface area contributed by atoms with Gasteiger partial charge >= 0.3 is 11.9 Å². The molecule has 0 aromatic carbocycles. The third kappa shape index (κ3) is 28.0. The smallest absolute Gasteiger partial charge is 0.330 e. The molecule has 1 rings (SSSR count). The highest BCUT2D eigenvalue weighted by atomic mass is 16.7. The van der Waals surface area contributed by atoms with Crippen molar-refractivity contribution in [2.45, 2.75) is 218 Å². The molecule has 1 heterocycles. The van der Waals surface area contributed by atoms with Crippen LogP contribution in [0.4, 0.5) is 0 Å². The maximum atomic E-state index is 12.7. The van der Waals surface area contributed by atoms with Crippen LogP contribution in [0.3, 0.4) is 0 Å². The number of hydrogen-bond donors (Lipinski definition) is 4. The first-order valence-electron chi connectivity index (χ1n) is 22.1. The van der Waals surface area contributed by atoms with E-state index < -0.39 is 55.4 Å². The highest BCUT2D eigenvalue weighted by Crippen LogP contribution is 2.22. The van der Waals surface area contributed by atoms with Crippen molar-refractivity contribution in [2.75, 3.05) is 19.8 Å². The predicted octanol–water partition coefficient (Wildman–Crippen LogP) is 9.11. The molecule has 1 aliphatic rings. The van der Waals surface area contributed by atoms with Crippen molar-refractivity contribution in [3.63, 3.8) is 0 Å². The molecule has 1 aliphatic heterocycles. The Morgan fingerprint density at radius 2 is 1.09 bits per heavy atom. The first kappa shape index (κ1) is 50.9. The fraction of sp³-hybridized carbons (Fsp3) is 0.822. The van der Waals surface area contributed by atoms with Crippen molar-refractivity contribution in [1.82, 2.24) is 0 Å². The molecule has 1 saturated heterocycles. The van der Waals surface area contributed by atoms with Gasteiger partial charge in [-0.2, -0.15) is 0 Å². The molecule has 0 radical (unpaired) electrons. The first-order chi connectivity index (χ1) is 26.8. The summed E-state index contributed by atoms with van der Waals surface area (Å²) in [7, 11) is 0. The number of unbranched alkanes of at least 4 members (excludes halogenated alkanes) is 22. The Morgan fingerprint density at radius 1 is 0.600 bits per heavy atom. The number of esters is 2. The van der Waals surface area contributed by atoms with E-state index in [1.165, 1.54) is 122 Å². The van der Waals surface area contributed by atoms with Gasteiger partial charge in [-0.1, -0.05) is 160 Å². The van der Waals surface area contributed by atoms with Crippen molar-refractivity contribution in [3.05, 3.63) is 36.5 Å². The van der Waals surface area contributed by atoms with Gasteiger partial charge < -0.3 is 39.4 Å². The van der Waals surface area contributed by atoms with Gasteiger partial charge in [-0.05, 0) is 44.9 Å². The van der Waals surface area contributed by atoms with E-state index >= 15 is 0 Å². The van der Waals surface area contributed by atoms with Crippen molar-refractivity contribution in [2.24, 2.45) is 0 Å². The standard InChI is InChI=1S/C45H80O10/c1-3-5-7-9-11-13-15-17-19-21-23-25-27-29-31-33-40(47)52-36-38(37-53-45-44(51)43(50)42(49)39(35-46)55-45)54-41(48)34-32-30-28-26-24-22-20-18-16-14-12-10-8-6-4-2/h14,16,27,29,31,33,38-39,42-46,49-51H,3-13,15,17-26,28,30,32,34-37H2,1-2H3/b16-14+,29-27+,33-31+/t38-,39-,42+,43?,44?,45-/m0/s1. The minimum atomic E-state index is -1.61. The average Bonchev–Trinajstić information content (AvgIpc) is 3.18. The molecule has 1 fully saturated rings. The van der Waals surface area contributed by atoms with Crippen molar-refractivity contribution in [3.8, 4) is 0 Å². The van der Waals surface area contributed by atoms with E-state index in [-0.39, 0.29) is 19.6 Å². The van der Waals surface area contributed by atoms with Gasteiger partial charge in [-0.15, -0.1) is 0 Å². The topological polar surface area (TPSA) is 152 Å². The van der Waals surface area contributed by atoms with Crippen molar-refractivity contribution >= 4 is 11.9 Å². The molecule has 2 unspecified atom stereocenters. The molecule has 10 heteroatoms. The Morgan fingerprint density at radius 3 is 1.64 bits per heavy atom. The summed E-state index contributed by atoms with van der Waals surface area (Å²) in [5.41, 5.74) is 0. The highest BCUT2D eigenvalue weighted by Gasteiger charge is 2.44. The van der Waals surface area contributed by atoms with E-state index in [1.807, 2.05) is 12.2 Å². The number of allylic oxidation sites excluding steroid dienone is 5. The lowest BCUT2D eigenvalue weighted by molar-refractivity contribution is -0.305. The molecule has 6 atom stereocenters. The van der Waals surface area contributed by atoms with E-state index in [2.05, 4.69) is 26.0 Å². The van der Waals surface area contributed by atoms with Crippen LogP contribution in [0.1, 0.15) is 181 Å². The monoisotopic (exact) mass is 781 g/mol. The molecule has 0 aromatic rings. The van der Waals surface area contributed by atoms with Crippen molar-refractivity contribution < 1.29 is 49.0 Å². The summed E-state index contributed by atoms with van der Waals surface area (Å²) >= 11 is 0. The van der Waals surface area contributed by atoms with E-state index in [0.717, 1.165) is 38.5 Å². The molecule has 0 spiro atoms. The maximum Gasteiger partial charge on any atom is 0.330 e. The average molecular weight is 781 g/mol. The summed E-state index contributed by atoms with van der Waals surface area (Å²) in [6.07, 6.45) is 33.5. The van der Waals surface area contributed by atoms with Gasteiger partial charge in [0.1, 0.15) is 31.0 Å². The van der Waals surface area contributed by atoms with Gasteiger partial charge in [0.2, 0.25) is 0 Å². The summed E-state index contributed by atoms with van der Waals surface area (Å²) in [6, 6.07) is 0. The number of ether oxygens (including phenoxy) is 4. The summed E-state index contributed by atoms with van der Waals surface area (Å²) in [6.45, 7) is 3.29. The lowest BCUT2D eigenvalue weighted by Gasteiger charge is -2.39. The van der Waals surface area contributed by atoms with E-state index in [4.69, 9.17) is 18.9 Å². The zero-order chi connectivity index (χ0) is 40.2. The summed E-state index contributed by atoms with van der Waals surface area (Å²) in [4.78, 5) is 25.2. The summed E-state index contributed by atoms with van der Waals surface area (Å²) in [5.74, 6) is -1.06. The molecule has 0 aromatic heterocycles. The molecular weight excluding hydrogens is 700 g/mol. The van der Waals surface area contributed by atoms with Gasteiger partial charge in [0, 0.05) is 12.5 Å². The van der Waals surface area contributed by atoms with Crippen LogP contribution in [0.5, 0.6) is 0 Å². The zero-order valence-corrected chi connectivity index (χ0v) is 34.7. The SMILES string of the molecule is CCCCCC/C=C/CCCCCCCCCC(=O)O[C@@H](COC(=O)/C=C/C=C/CCCCCCCCCCCCC)CO[C@H]1O[C@@H](CO)[C@@H](O)C(O)C1O. The Balaban J connectivity index is 2.39. The molecule has 320 valence electrons. The maximum absolute atomic E-state index is 12.7. The first-order valence-corrected chi connectivity index (χ1v) is 22.1. The molecule has 0 aliphatic carbocycles. The third-order valence-corrected chi connectivity index (χ3v) is 10.1. The van der Waals surface area contributed by atoms with Gasteiger partial charge in [-0.3, -0.25) is 4.79 Å². The third-order valence-electron chi connectivity index (χ3n) is 10.1. The number of carbonyl (C=O) groups is 2. The second-order valence-electron chi connectivity index (χ2n) is 15.2. The number of aliphatic hydroxyl groups excluding tert-OH is 4. The second kappa shape index (κ2) is 36.3. The number of rotatable bonds is 36. The van der Waals surface area contributed by atoms with Crippen LogP contribution in [0, 0.1) is 0 Å². The van der Waals surface area contributed by atoms with Gasteiger partial charge in [0.15, 0.2) is 12.4 Å². The largest absolute Gasteiger partial charge is 0.458 e. The number of aliphatic hydroxyl groups is 4. The molecule has 0 amide bonds. The molecule has 55 heavy (non-hydrogen) atoms. The van der Waals surface area contributed by atoms with Crippen molar-refractivity contribution in [1.29, 1.82) is 0 Å². The van der Waals surface area contributed by atoms with Crippen LogP contribution < -0.4 is 0 Å². The minimum Gasteiger partial charge on any atom is -0.458 e. The highest BCUT2D eigenvalue weighted by molar-refractivity contribution is 5.82. The molecule has 10 nitrogen and oxygen atoms in total. The Kier molecular flexibility index (Phi) is 33.6. The fourth-order valence-electron chi connectivity index (χ4n) is 6.57. The zero-order valence-electron chi connectivity index (χ0n) is 34.7.